The second-order valence-corrected chi connectivity index (χ2v) is 9.23. The van der Waals surface area contributed by atoms with Gasteiger partial charge in [-0.3, -0.25) is 14.9 Å². The van der Waals surface area contributed by atoms with E-state index >= 15 is 0 Å². The molecule has 0 bridgehead atoms. The van der Waals surface area contributed by atoms with Gasteiger partial charge in [-0.25, -0.2) is 0 Å². The Morgan fingerprint density at radius 1 is 1.16 bits per heavy atom. The van der Waals surface area contributed by atoms with Gasteiger partial charge in [0.25, 0.3) is 0 Å². The number of hydrogen-bond acceptors (Lipinski definition) is 6. The Morgan fingerprint density at radius 2 is 1.94 bits per heavy atom. The van der Waals surface area contributed by atoms with Crippen LogP contribution in [0.15, 0.2) is 24.3 Å². The summed E-state index contributed by atoms with van der Waals surface area (Å²) in [6.45, 7) is 2.87. The molecular formula is C24H34N4O3S. The number of carbonyl (C=O) groups excluding carboxylic acids is 2. The number of ether oxygens (including phenoxy) is 1. The van der Waals surface area contributed by atoms with Crippen LogP contribution in [-0.4, -0.2) is 46.6 Å². The number of hydrogen-bond donors (Lipinski definition) is 1. The number of aromatic nitrogens is 2. The van der Waals surface area contributed by atoms with Gasteiger partial charge in [-0.05, 0) is 31.4 Å². The number of rotatable bonds is 12. The van der Waals surface area contributed by atoms with Crippen LogP contribution in [0.25, 0.3) is 10.6 Å². The molecule has 1 saturated heterocycles. The van der Waals surface area contributed by atoms with Crippen LogP contribution >= 0.6 is 11.3 Å². The summed E-state index contributed by atoms with van der Waals surface area (Å²) in [5, 5.41) is 12.3. The van der Waals surface area contributed by atoms with Crippen molar-refractivity contribution in [3.05, 3.63) is 24.3 Å². The molecule has 0 spiro atoms. The van der Waals surface area contributed by atoms with E-state index in [4.69, 9.17) is 4.74 Å². The highest BCUT2D eigenvalue weighted by atomic mass is 32.1. The van der Waals surface area contributed by atoms with E-state index in [0.29, 0.717) is 29.5 Å². The third kappa shape index (κ3) is 6.76. The summed E-state index contributed by atoms with van der Waals surface area (Å²) in [5.74, 6) is 0.652. The van der Waals surface area contributed by atoms with E-state index in [2.05, 4.69) is 22.4 Å². The van der Waals surface area contributed by atoms with E-state index in [1.165, 1.54) is 43.4 Å². The van der Waals surface area contributed by atoms with Crippen LogP contribution in [0.2, 0.25) is 0 Å². The standard InChI is InChI=1S/C24H34N4O3S/c1-3-4-5-6-7-8-9-15-21(29)28-16-11-14-20(28)22(30)25-24-27-26-23(32-24)18-12-10-13-19(17-18)31-2/h10,12-13,17,20H,3-9,11,14-16H2,1-2H3,(H,25,27,30). The average Bonchev–Trinajstić information content (AvgIpc) is 3.48. The molecule has 8 heteroatoms. The molecule has 174 valence electrons. The smallest absolute Gasteiger partial charge is 0.249 e. The Balaban J connectivity index is 1.49. The lowest BCUT2D eigenvalue weighted by atomic mass is 10.1. The summed E-state index contributed by atoms with van der Waals surface area (Å²) in [4.78, 5) is 27.3. The number of anilines is 1. The second kappa shape index (κ2) is 12.5. The third-order valence-corrected chi connectivity index (χ3v) is 6.73. The van der Waals surface area contributed by atoms with Crippen molar-refractivity contribution in [3.63, 3.8) is 0 Å². The first kappa shape index (κ1) is 24.2. The minimum atomic E-state index is -0.420. The van der Waals surface area contributed by atoms with Crippen LogP contribution in [0, 0.1) is 0 Å². The second-order valence-electron chi connectivity index (χ2n) is 8.25. The summed E-state index contributed by atoms with van der Waals surface area (Å²) in [5.41, 5.74) is 0.884. The van der Waals surface area contributed by atoms with Crippen LogP contribution in [0.5, 0.6) is 5.75 Å². The first-order chi connectivity index (χ1) is 15.6. The van der Waals surface area contributed by atoms with Gasteiger partial charge < -0.3 is 9.64 Å². The fourth-order valence-electron chi connectivity index (χ4n) is 4.05. The molecule has 0 aliphatic carbocycles. The predicted molar refractivity (Wildman–Crippen MR) is 128 cm³/mol. The average molecular weight is 459 g/mol. The predicted octanol–water partition coefficient (Wildman–Crippen LogP) is 5.28. The van der Waals surface area contributed by atoms with Crippen LogP contribution < -0.4 is 10.1 Å². The molecule has 1 aromatic heterocycles. The molecule has 32 heavy (non-hydrogen) atoms. The summed E-state index contributed by atoms with van der Waals surface area (Å²) >= 11 is 1.31. The zero-order valence-electron chi connectivity index (χ0n) is 19.1. The minimum absolute atomic E-state index is 0.0885. The lowest BCUT2D eigenvalue weighted by Gasteiger charge is -2.23. The Morgan fingerprint density at radius 3 is 2.72 bits per heavy atom. The SMILES string of the molecule is CCCCCCCCCC(=O)N1CCCC1C(=O)Nc1nnc(-c2cccc(OC)c2)s1. The van der Waals surface area contributed by atoms with Crippen molar-refractivity contribution < 1.29 is 14.3 Å². The number of amides is 2. The largest absolute Gasteiger partial charge is 0.497 e. The molecule has 1 fully saturated rings. The van der Waals surface area contributed by atoms with E-state index < -0.39 is 6.04 Å². The lowest BCUT2D eigenvalue weighted by Crippen LogP contribution is -2.43. The molecule has 1 aromatic carbocycles. The highest BCUT2D eigenvalue weighted by Gasteiger charge is 2.34. The van der Waals surface area contributed by atoms with E-state index in [1.54, 1.807) is 12.0 Å². The first-order valence-corrected chi connectivity index (χ1v) is 12.5. The van der Waals surface area contributed by atoms with E-state index in [0.717, 1.165) is 30.6 Å². The Labute approximate surface area is 194 Å². The summed E-state index contributed by atoms with van der Waals surface area (Å²) in [6.07, 6.45) is 10.3. The summed E-state index contributed by atoms with van der Waals surface area (Å²) in [6, 6.07) is 7.14. The van der Waals surface area contributed by atoms with Crippen molar-refractivity contribution in [2.45, 2.75) is 77.2 Å². The van der Waals surface area contributed by atoms with Gasteiger partial charge in [0.1, 0.15) is 16.8 Å². The van der Waals surface area contributed by atoms with Crippen molar-refractivity contribution in [1.82, 2.24) is 15.1 Å². The Hall–Kier alpha value is -2.48. The van der Waals surface area contributed by atoms with Crippen molar-refractivity contribution in [2.75, 3.05) is 19.0 Å². The van der Waals surface area contributed by atoms with Gasteiger partial charge in [-0.1, -0.05) is 68.9 Å². The molecule has 1 unspecified atom stereocenters. The fourth-order valence-corrected chi connectivity index (χ4v) is 4.79. The lowest BCUT2D eigenvalue weighted by molar-refractivity contribution is -0.136. The third-order valence-electron chi connectivity index (χ3n) is 5.84. The minimum Gasteiger partial charge on any atom is -0.497 e. The van der Waals surface area contributed by atoms with Gasteiger partial charge in [0.2, 0.25) is 16.9 Å². The molecule has 2 heterocycles. The van der Waals surface area contributed by atoms with Gasteiger partial charge >= 0.3 is 0 Å². The molecule has 1 atom stereocenters. The zero-order valence-corrected chi connectivity index (χ0v) is 20.0. The number of benzene rings is 1. The zero-order chi connectivity index (χ0) is 22.8. The first-order valence-electron chi connectivity index (χ1n) is 11.7. The van der Waals surface area contributed by atoms with Crippen molar-refractivity contribution in [3.8, 4) is 16.3 Å². The van der Waals surface area contributed by atoms with Crippen LogP contribution in [0.3, 0.4) is 0 Å². The number of methoxy groups -OCH3 is 1. The van der Waals surface area contributed by atoms with Gasteiger partial charge in [-0.2, -0.15) is 0 Å². The maximum absolute atomic E-state index is 12.9. The number of nitrogens with one attached hydrogen (secondary N) is 1. The Kier molecular flexibility index (Phi) is 9.46. The molecule has 3 rings (SSSR count). The maximum atomic E-state index is 12.9. The number of nitrogens with zero attached hydrogens (tertiary/aromatic N) is 3. The number of likely N-dealkylation sites (tertiary alicyclic amines) is 1. The van der Waals surface area contributed by atoms with E-state index in [9.17, 15) is 9.59 Å². The van der Waals surface area contributed by atoms with E-state index in [1.807, 2.05) is 24.3 Å². The fraction of sp³-hybridized carbons (Fsp3) is 0.583. The normalized spacial score (nSPS) is 15.7. The molecule has 1 N–H and O–H groups in total. The number of unbranched alkanes of at least 4 members (excludes halogenated alkanes) is 6. The summed E-state index contributed by atoms with van der Waals surface area (Å²) < 4.78 is 5.26. The highest BCUT2D eigenvalue weighted by Crippen LogP contribution is 2.29. The van der Waals surface area contributed by atoms with Crippen molar-refractivity contribution >= 4 is 28.3 Å². The highest BCUT2D eigenvalue weighted by molar-refractivity contribution is 7.18. The summed E-state index contributed by atoms with van der Waals surface area (Å²) in [7, 11) is 1.62. The topological polar surface area (TPSA) is 84.4 Å². The molecule has 2 aromatic rings. The van der Waals surface area contributed by atoms with E-state index in [-0.39, 0.29) is 11.8 Å². The molecule has 0 radical (unpaired) electrons. The van der Waals surface area contributed by atoms with Crippen LogP contribution in [0.4, 0.5) is 5.13 Å². The molecule has 2 amide bonds. The maximum Gasteiger partial charge on any atom is 0.249 e. The number of carbonyl (C=O) groups is 2. The van der Waals surface area contributed by atoms with Gasteiger partial charge in [0, 0.05) is 18.5 Å². The molecule has 7 nitrogen and oxygen atoms in total. The van der Waals surface area contributed by atoms with Crippen molar-refractivity contribution in [1.29, 1.82) is 0 Å². The molecule has 0 saturated carbocycles. The monoisotopic (exact) mass is 458 g/mol. The molecular weight excluding hydrogens is 424 g/mol. The quantitative estimate of drug-likeness (QED) is 0.437. The van der Waals surface area contributed by atoms with Gasteiger partial charge in [0.15, 0.2) is 0 Å². The van der Waals surface area contributed by atoms with Gasteiger partial charge in [-0.15, -0.1) is 10.2 Å². The van der Waals surface area contributed by atoms with Crippen LogP contribution in [-0.2, 0) is 9.59 Å². The van der Waals surface area contributed by atoms with Gasteiger partial charge in [0.05, 0.1) is 7.11 Å². The van der Waals surface area contributed by atoms with Crippen molar-refractivity contribution in [2.24, 2.45) is 0 Å². The van der Waals surface area contributed by atoms with Crippen LogP contribution in [0.1, 0.15) is 71.1 Å². The molecule has 1 aliphatic rings. The Bertz CT molecular complexity index is 886. The molecule has 1 aliphatic heterocycles.